The molecule has 0 aliphatic carbocycles. The molecule has 3 rings (SSSR count). The topological polar surface area (TPSA) is 120 Å². The molecule has 11 heteroatoms. The zero-order chi connectivity index (χ0) is 24.2. The van der Waals surface area contributed by atoms with Crippen LogP contribution in [0.1, 0.15) is 18.5 Å². The fourth-order valence-corrected chi connectivity index (χ4v) is 5.04. The molecule has 1 aliphatic rings. The van der Waals surface area contributed by atoms with Crippen LogP contribution < -0.4 is 20.1 Å². The third kappa shape index (κ3) is 5.40. The minimum atomic E-state index is -3.99. The molecule has 0 bridgehead atoms. The third-order valence-corrected chi connectivity index (χ3v) is 6.84. The van der Waals surface area contributed by atoms with E-state index < -0.39 is 33.6 Å². The summed E-state index contributed by atoms with van der Waals surface area (Å²) < 4.78 is 41.6. The lowest BCUT2D eigenvalue weighted by Gasteiger charge is -2.29. The number of sulfone groups is 1. The van der Waals surface area contributed by atoms with Gasteiger partial charge >= 0.3 is 12.0 Å². The monoisotopic (exact) mass is 494 g/mol. The molecule has 0 spiro atoms. The molecule has 33 heavy (non-hydrogen) atoms. The minimum Gasteiger partial charge on any atom is -0.495 e. The Morgan fingerprint density at radius 2 is 1.82 bits per heavy atom. The van der Waals surface area contributed by atoms with E-state index >= 15 is 0 Å². The van der Waals surface area contributed by atoms with Gasteiger partial charge in [0.05, 0.1) is 48.1 Å². The van der Waals surface area contributed by atoms with E-state index in [0.717, 1.165) is 0 Å². The number of urea groups is 1. The van der Waals surface area contributed by atoms with Crippen molar-refractivity contribution in [2.45, 2.75) is 17.9 Å². The van der Waals surface area contributed by atoms with Crippen molar-refractivity contribution in [3.05, 3.63) is 64.3 Å². The molecule has 0 saturated heterocycles. The van der Waals surface area contributed by atoms with Gasteiger partial charge < -0.3 is 24.8 Å². The molecule has 2 amide bonds. The maximum Gasteiger partial charge on any atom is 0.338 e. The van der Waals surface area contributed by atoms with Crippen LogP contribution in [0.15, 0.2) is 58.6 Å². The van der Waals surface area contributed by atoms with Crippen LogP contribution in [0.2, 0.25) is 5.02 Å². The number of amides is 2. The van der Waals surface area contributed by atoms with E-state index in [-0.39, 0.29) is 21.2 Å². The Labute approximate surface area is 196 Å². The number of ether oxygens (including phenoxy) is 3. The van der Waals surface area contributed by atoms with Gasteiger partial charge in [0.1, 0.15) is 11.5 Å². The summed E-state index contributed by atoms with van der Waals surface area (Å²) in [6.07, 6.45) is 0. The summed E-state index contributed by atoms with van der Waals surface area (Å²) in [5, 5.41) is 5.20. The molecule has 0 fully saturated rings. The largest absolute Gasteiger partial charge is 0.495 e. The molecule has 0 unspecified atom stereocenters. The Balaban J connectivity index is 2.04. The second-order valence-electron chi connectivity index (χ2n) is 6.97. The number of nitrogens with one attached hydrogen (secondary N) is 2. The van der Waals surface area contributed by atoms with Gasteiger partial charge in [-0.3, -0.25) is 0 Å². The van der Waals surface area contributed by atoms with Crippen LogP contribution in [0, 0.1) is 0 Å². The number of carbonyl (C=O) groups is 2. The van der Waals surface area contributed by atoms with Crippen LogP contribution in [-0.4, -0.2) is 47.0 Å². The van der Waals surface area contributed by atoms with Crippen molar-refractivity contribution >= 4 is 33.4 Å². The molecule has 0 radical (unpaired) electrons. The maximum absolute atomic E-state index is 13.1. The highest BCUT2D eigenvalue weighted by molar-refractivity contribution is 7.91. The van der Waals surface area contributed by atoms with Crippen molar-refractivity contribution in [2.24, 2.45) is 0 Å². The molecular weight excluding hydrogens is 472 g/mol. The zero-order valence-corrected chi connectivity index (χ0v) is 19.7. The number of rotatable bonds is 8. The maximum atomic E-state index is 13.1. The predicted octanol–water partition coefficient (Wildman–Crippen LogP) is 3.00. The number of esters is 1. The van der Waals surface area contributed by atoms with Crippen LogP contribution in [0.25, 0.3) is 0 Å². The van der Waals surface area contributed by atoms with Gasteiger partial charge in [-0.2, -0.15) is 0 Å². The van der Waals surface area contributed by atoms with Crippen LogP contribution in [0.3, 0.4) is 0 Å². The van der Waals surface area contributed by atoms with Crippen molar-refractivity contribution in [1.29, 1.82) is 0 Å². The standard InChI is InChI=1S/C22H23ClN2O7S/c1-4-32-14-7-5-13(6-8-14)20-19(21(26)31-3)17(24-22(27)25-20)12-33(28,29)15-9-10-18(30-2)16(23)11-15/h5-11,20H,4,12H2,1-3H3,(H2,24,25,27)/t20-/m0/s1. The first kappa shape index (κ1) is 24.4. The highest BCUT2D eigenvalue weighted by atomic mass is 35.5. The lowest BCUT2D eigenvalue weighted by atomic mass is 9.95. The smallest absolute Gasteiger partial charge is 0.338 e. The van der Waals surface area contributed by atoms with E-state index in [1.165, 1.54) is 32.4 Å². The van der Waals surface area contributed by atoms with E-state index in [2.05, 4.69) is 10.6 Å². The van der Waals surface area contributed by atoms with Gasteiger partial charge in [0.15, 0.2) is 9.84 Å². The Morgan fingerprint density at radius 1 is 1.12 bits per heavy atom. The molecule has 2 N–H and O–H groups in total. The van der Waals surface area contributed by atoms with Gasteiger partial charge in [-0.05, 0) is 42.8 Å². The number of halogens is 1. The van der Waals surface area contributed by atoms with Gasteiger partial charge in [0.2, 0.25) is 0 Å². The van der Waals surface area contributed by atoms with Crippen LogP contribution in [0.4, 0.5) is 4.79 Å². The number of methoxy groups -OCH3 is 2. The SMILES string of the molecule is CCOc1ccc([C@@H]2NC(=O)NC(CS(=O)(=O)c3ccc(OC)c(Cl)c3)=C2C(=O)OC)cc1. The molecule has 176 valence electrons. The predicted molar refractivity (Wildman–Crippen MR) is 121 cm³/mol. The van der Waals surface area contributed by atoms with Crippen molar-refractivity contribution in [3.8, 4) is 11.5 Å². The first-order chi connectivity index (χ1) is 15.7. The Hall–Kier alpha value is -3.24. The quantitative estimate of drug-likeness (QED) is 0.541. The first-order valence-electron chi connectivity index (χ1n) is 9.88. The number of hydrogen-bond acceptors (Lipinski definition) is 7. The number of hydrogen-bond donors (Lipinski definition) is 2. The Bertz CT molecular complexity index is 1190. The van der Waals surface area contributed by atoms with Crippen LogP contribution >= 0.6 is 11.6 Å². The highest BCUT2D eigenvalue weighted by Gasteiger charge is 2.35. The lowest BCUT2D eigenvalue weighted by molar-refractivity contribution is -0.136. The minimum absolute atomic E-state index is 0.0237. The van der Waals surface area contributed by atoms with Crippen LogP contribution in [-0.2, 0) is 19.4 Å². The highest BCUT2D eigenvalue weighted by Crippen LogP contribution is 2.32. The number of carbonyl (C=O) groups excluding carboxylic acids is 2. The van der Waals surface area contributed by atoms with Crippen molar-refractivity contribution in [3.63, 3.8) is 0 Å². The molecular formula is C22H23ClN2O7S. The van der Waals surface area contributed by atoms with Gasteiger partial charge in [0, 0.05) is 5.70 Å². The van der Waals surface area contributed by atoms with E-state index in [0.29, 0.717) is 23.7 Å². The van der Waals surface area contributed by atoms with Gasteiger partial charge in [0.25, 0.3) is 0 Å². The van der Waals surface area contributed by atoms with Crippen LogP contribution in [0.5, 0.6) is 11.5 Å². The van der Waals surface area contributed by atoms with Gasteiger partial charge in [-0.1, -0.05) is 23.7 Å². The fraction of sp³-hybridized carbons (Fsp3) is 0.273. The average molecular weight is 495 g/mol. The summed E-state index contributed by atoms with van der Waals surface area (Å²) in [5.41, 5.74) is 0.442. The molecule has 1 aliphatic heterocycles. The molecule has 1 heterocycles. The molecule has 2 aromatic carbocycles. The molecule has 0 saturated carbocycles. The molecule has 2 aromatic rings. The molecule has 0 aromatic heterocycles. The summed E-state index contributed by atoms with van der Waals surface area (Å²) in [4.78, 5) is 25.0. The second kappa shape index (κ2) is 10.1. The summed E-state index contributed by atoms with van der Waals surface area (Å²) >= 11 is 6.08. The Morgan fingerprint density at radius 3 is 2.39 bits per heavy atom. The summed E-state index contributed by atoms with van der Waals surface area (Å²) in [5.74, 6) is -0.499. The summed E-state index contributed by atoms with van der Waals surface area (Å²) in [6.45, 7) is 2.33. The van der Waals surface area contributed by atoms with Gasteiger partial charge in [-0.15, -0.1) is 0 Å². The second-order valence-corrected chi connectivity index (χ2v) is 9.37. The van der Waals surface area contributed by atoms with Gasteiger partial charge in [-0.25, -0.2) is 18.0 Å². The summed E-state index contributed by atoms with van der Waals surface area (Å²) in [6, 6.07) is 9.18. The fourth-order valence-electron chi connectivity index (χ4n) is 3.37. The third-order valence-electron chi connectivity index (χ3n) is 4.90. The average Bonchev–Trinajstić information content (AvgIpc) is 2.78. The molecule has 1 atom stereocenters. The van der Waals surface area contributed by atoms with E-state index in [4.69, 9.17) is 25.8 Å². The summed E-state index contributed by atoms with van der Waals surface area (Å²) in [7, 11) is -1.41. The van der Waals surface area contributed by atoms with E-state index in [9.17, 15) is 18.0 Å². The number of benzene rings is 2. The van der Waals surface area contributed by atoms with Crippen molar-refractivity contribution < 1.29 is 32.2 Å². The zero-order valence-electron chi connectivity index (χ0n) is 18.2. The normalized spacial score (nSPS) is 16.0. The molecule has 9 nitrogen and oxygen atoms in total. The van der Waals surface area contributed by atoms with Crippen molar-refractivity contribution in [2.75, 3.05) is 26.6 Å². The van der Waals surface area contributed by atoms with E-state index in [1.54, 1.807) is 24.3 Å². The lowest BCUT2D eigenvalue weighted by Crippen LogP contribution is -2.47. The van der Waals surface area contributed by atoms with Crippen molar-refractivity contribution in [1.82, 2.24) is 10.6 Å². The van der Waals surface area contributed by atoms with E-state index in [1.807, 2.05) is 6.92 Å². The Kier molecular flexibility index (Phi) is 7.50. The first-order valence-corrected chi connectivity index (χ1v) is 11.9.